The molecule has 0 aliphatic heterocycles. The number of amides is 1. The predicted octanol–water partition coefficient (Wildman–Crippen LogP) is 4.14. The molecule has 1 heterocycles. The smallest absolute Gasteiger partial charge is 0.288 e. The van der Waals surface area contributed by atoms with E-state index in [4.69, 9.17) is 11.6 Å². The zero-order chi connectivity index (χ0) is 22.1. The Labute approximate surface area is 181 Å². The van der Waals surface area contributed by atoms with Crippen molar-refractivity contribution in [3.8, 4) is 0 Å². The first-order valence-corrected chi connectivity index (χ1v) is 11.5. The standard InChI is InChI=1S/C18H17ClN4O5S2/c1-3-22(4-2)30(27,28)12-6-8-14-16(10-12)29-18(20-14)21-17(24)11-5-7-13(19)15(9-11)23(25)26/h5-10H,3-4H2,1-2H3,(H,20,21,24). The van der Waals surface area contributed by atoms with E-state index in [9.17, 15) is 23.3 Å². The first kappa shape index (κ1) is 22.1. The Morgan fingerprint density at radius 3 is 2.57 bits per heavy atom. The molecular formula is C18H17ClN4O5S2. The summed E-state index contributed by atoms with van der Waals surface area (Å²) in [6.07, 6.45) is 0. The van der Waals surface area contributed by atoms with Crippen molar-refractivity contribution in [2.75, 3.05) is 18.4 Å². The maximum atomic E-state index is 12.7. The van der Waals surface area contributed by atoms with Gasteiger partial charge in [0, 0.05) is 24.7 Å². The molecule has 158 valence electrons. The third-order valence-electron chi connectivity index (χ3n) is 4.33. The van der Waals surface area contributed by atoms with Crippen LogP contribution in [0.3, 0.4) is 0 Å². The summed E-state index contributed by atoms with van der Waals surface area (Å²) in [6.45, 7) is 4.24. The van der Waals surface area contributed by atoms with Crippen LogP contribution in [0.5, 0.6) is 0 Å². The summed E-state index contributed by atoms with van der Waals surface area (Å²) in [7, 11) is -3.62. The number of anilines is 1. The van der Waals surface area contributed by atoms with Crippen molar-refractivity contribution in [3.05, 3.63) is 57.1 Å². The summed E-state index contributed by atoms with van der Waals surface area (Å²) in [5.74, 6) is -0.593. The molecule has 0 unspecified atom stereocenters. The van der Waals surface area contributed by atoms with Crippen molar-refractivity contribution in [1.29, 1.82) is 0 Å². The lowest BCUT2D eigenvalue weighted by atomic mass is 10.2. The first-order chi connectivity index (χ1) is 14.2. The molecular weight excluding hydrogens is 452 g/mol. The van der Waals surface area contributed by atoms with Gasteiger partial charge in [-0.05, 0) is 30.3 Å². The van der Waals surface area contributed by atoms with Crippen LogP contribution in [0.1, 0.15) is 24.2 Å². The van der Waals surface area contributed by atoms with E-state index in [1.165, 1.54) is 28.6 Å². The average Bonchev–Trinajstić information content (AvgIpc) is 3.10. The topological polar surface area (TPSA) is 123 Å². The van der Waals surface area contributed by atoms with Gasteiger partial charge >= 0.3 is 0 Å². The second kappa shape index (κ2) is 8.64. The predicted molar refractivity (Wildman–Crippen MR) is 116 cm³/mol. The second-order valence-corrected chi connectivity index (χ2v) is 9.49. The number of hydrogen-bond donors (Lipinski definition) is 1. The van der Waals surface area contributed by atoms with E-state index in [2.05, 4.69) is 10.3 Å². The molecule has 1 N–H and O–H groups in total. The molecule has 9 nitrogen and oxygen atoms in total. The number of carbonyl (C=O) groups is 1. The number of nitrogens with zero attached hydrogens (tertiary/aromatic N) is 3. The summed E-state index contributed by atoms with van der Waals surface area (Å²) >= 11 is 6.87. The van der Waals surface area contributed by atoms with Gasteiger partial charge in [0.2, 0.25) is 10.0 Å². The van der Waals surface area contributed by atoms with Gasteiger partial charge in [-0.25, -0.2) is 13.4 Å². The Balaban J connectivity index is 1.89. The van der Waals surface area contributed by atoms with Gasteiger partial charge in [-0.3, -0.25) is 20.2 Å². The highest BCUT2D eigenvalue weighted by molar-refractivity contribution is 7.89. The van der Waals surface area contributed by atoms with E-state index < -0.39 is 20.9 Å². The number of nitrogens with one attached hydrogen (secondary N) is 1. The summed E-state index contributed by atoms with van der Waals surface area (Å²) in [5, 5.41) is 13.8. The van der Waals surface area contributed by atoms with Crippen LogP contribution in [-0.2, 0) is 10.0 Å². The van der Waals surface area contributed by atoms with Gasteiger partial charge < -0.3 is 0 Å². The van der Waals surface area contributed by atoms with E-state index in [0.29, 0.717) is 23.3 Å². The molecule has 1 amide bonds. The fourth-order valence-electron chi connectivity index (χ4n) is 2.79. The lowest BCUT2D eigenvalue weighted by Crippen LogP contribution is -2.30. The molecule has 0 saturated heterocycles. The number of halogens is 1. The van der Waals surface area contributed by atoms with Crippen molar-refractivity contribution >= 4 is 59.9 Å². The third-order valence-corrected chi connectivity index (χ3v) is 7.63. The minimum atomic E-state index is -3.62. The molecule has 12 heteroatoms. The van der Waals surface area contributed by atoms with Crippen LogP contribution < -0.4 is 5.32 Å². The van der Waals surface area contributed by atoms with Crippen LogP contribution in [0, 0.1) is 10.1 Å². The summed E-state index contributed by atoms with van der Waals surface area (Å²) in [5.41, 5.74) is 0.200. The highest BCUT2D eigenvalue weighted by Gasteiger charge is 2.23. The van der Waals surface area contributed by atoms with Gasteiger partial charge in [-0.2, -0.15) is 4.31 Å². The molecule has 3 aromatic rings. The molecule has 0 spiro atoms. The van der Waals surface area contributed by atoms with E-state index in [1.54, 1.807) is 19.9 Å². The van der Waals surface area contributed by atoms with E-state index in [1.807, 2.05) is 0 Å². The molecule has 0 atom stereocenters. The third kappa shape index (κ3) is 4.29. The van der Waals surface area contributed by atoms with E-state index >= 15 is 0 Å². The second-order valence-electron chi connectivity index (χ2n) is 6.12. The van der Waals surface area contributed by atoms with Gasteiger partial charge in [0.1, 0.15) is 5.02 Å². The normalized spacial score (nSPS) is 11.7. The molecule has 3 rings (SSSR count). The molecule has 30 heavy (non-hydrogen) atoms. The molecule has 0 radical (unpaired) electrons. The molecule has 2 aromatic carbocycles. The molecule has 0 fully saturated rings. The number of aromatic nitrogens is 1. The van der Waals surface area contributed by atoms with E-state index in [0.717, 1.165) is 17.4 Å². The number of rotatable bonds is 7. The SMILES string of the molecule is CCN(CC)S(=O)(=O)c1ccc2nc(NC(=O)c3ccc(Cl)c([N+](=O)[O-])c3)sc2c1. The number of benzene rings is 2. The lowest BCUT2D eigenvalue weighted by molar-refractivity contribution is -0.384. The Morgan fingerprint density at radius 1 is 1.23 bits per heavy atom. The monoisotopic (exact) mass is 468 g/mol. The number of thiazole rings is 1. The molecule has 0 bridgehead atoms. The zero-order valence-electron chi connectivity index (χ0n) is 16.0. The fraction of sp³-hybridized carbons (Fsp3) is 0.222. The Kier molecular flexibility index (Phi) is 6.36. The van der Waals surface area contributed by atoms with Crippen LogP contribution in [0.25, 0.3) is 10.2 Å². The average molecular weight is 469 g/mol. The van der Waals surface area contributed by atoms with Crippen molar-refractivity contribution in [1.82, 2.24) is 9.29 Å². The molecule has 0 aliphatic carbocycles. The van der Waals surface area contributed by atoms with Gasteiger partial charge in [0.15, 0.2) is 5.13 Å². The maximum Gasteiger partial charge on any atom is 0.288 e. The minimum absolute atomic E-state index is 0.0511. The van der Waals surface area contributed by atoms with Crippen molar-refractivity contribution in [2.45, 2.75) is 18.7 Å². The highest BCUT2D eigenvalue weighted by atomic mass is 35.5. The Hall–Kier alpha value is -2.60. The lowest BCUT2D eigenvalue weighted by Gasteiger charge is -2.18. The summed E-state index contributed by atoms with van der Waals surface area (Å²) in [6, 6.07) is 8.29. The molecule has 0 aliphatic rings. The van der Waals surface area contributed by atoms with Crippen molar-refractivity contribution in [2.24, 2.45) is 0 Å². The quantitative estimate of drug-likeness (QED) is 0.410. The van der Waals surface area contributed by atoms with Gasteiger partial charge in [-0.15, -0.1) is 0 Å². The van der Waals surface area contributed by atoms with Gasteiger partial charge in [0.25, 0.3) is 11.6 Å². The number of sulfonamides is 1. The fourth-order valence-corrected chi connectivity index (χ4v) is 5.44. The molecule has 0 saturated carbocycles. The van der Waals surface area contributed by atoms with Crippen LogP contribution in [-0.4, -0.2) is 41.6 Å². The molecule has 1 aromatic heterocycles. The number of nitro benzene ring substituents is 1. The Bertz CT molecular complexity index is 1240. The minimum Gasteiger partial charge on any atom is -0.298 e. The largest absolute Gasteiger partial charge is 0.298 e. The number of hydrogen-bond acceptors (Lipinski definition) is 7. The number of nitro groups is 1. The summed E-state index contributed by atoms with van der Waals surface area (Å²) < 4.78 is 27.3. The maximum absolute atomic E-state index is 12.7. The first-order valence-electron chi connectivity index (χ1n) is 8.83. The highest BCUT2D eigenvalue weighted by Crippen LogP contribution is 2.30. The Morgan fingerprint density at radius 2 is 1.93 bits per heavy atom. The van der Waals surface area contributed by atoms with E-state index in [-0.39, 0.29) is 26.3 Å². The summed E-state index contributed by atoms with van der Waals surface area (Å²) in [4.78, 5) is 27.2. The van der Waals surface area contributed by atoms with Crippen LogP contribution >= 0.6 is 22.9 Å². The van der Waals surface area contributed by atoms with Gasteiger partial charge in [0.05, 0.1) is 20.0 Å². The van der Waals surface area contributed by atoms with Crippen LogP contribution in [0.15, 0.2) is 41.3 Å². The van der Waals surface area contributed by atoms with Crippen molar-refractivity contribution < 1.29 is 18.1 Å². The van der Waals surface area contributed by atoms with Gasteiger partial charge in [-0.1, -0.05) is 36.8 Å². The van der Waals surface area contributed by atoms with Crippen LogP contribution in [0.2, 0.25) is 5.02 Å². The number of fused-ring (bicyclic) bond motifs is 1. The number of carbonyl (C=O) groups excluding carboxylic acids is 1. The zero-order valence-corrected chi connectivity index (χ0v) is 18.3. The van der Waals surface area contributed by atoms with Crippen molar-refractivity contribution in [3.63, 3.8) is 0 Å². The van der Waals surface area contributed by atoms with Crippen LogP contribution in [0.4, 0.5) is 10.8 Å².